The SMILES string of the molecule is O=C(NC(CCO)CCO)c1ccc2c(c1)C(=O)c1ccc(Nc3ccc(F)cc3F)cc1OC2. The molecule has 0 aliphatic carbocycles. The number of nitrogens with one attached hydrogen (secondary N) is 2. The lowest BCUT2D eigenvalue weighted by Crippen LogP contribution is -2.36. The van der Waals surface area contributed by atoms with Crippen LogP contribution in [0.1, 0.15) is 44.7 Å². The Hall–Kier alpha value is -3.82. The summed E-state index contributed by atoms with van der Waals surface area (Å²) in [5.74, 6) is -1.90. The maximum atomic E-state index is 14.0. The Bertz CT molecular complexity index is 1260. The number of aliphatic hydroxyl groups excluding tert-OH is 2. The predicted molar refractivity (Wildman–Crippen MR) is 125 cm³/mol. The van der Waals surface area contributed by atoms with Crippen LogP contribution in [0.15, 0.2) is 54.6 Å². The molecular weight excluding hydrogens is 458 g/mol. The summed E-state index contributed by atoms with van der Waals surface area (Å²) in [6, 6.07) is 12.2. The van der Waals surface area contributed by atoms with Crippen LogP contribution >= 0.6 is 0 Å². The van der Waals surface area contributed by atoms with Gasteiger partial charge in [0.1, 0.15) is 24.0 Å². The van der Waals surface area contributed by atoms with Crippen LogP contribution in [0.25, 0.3) is 0 Å². The zero-order chi connectivity index (χ0) is 24.9. The molecule has 0 saturated heterocycles. The molecule has 0 bridgehead atoms. The van der Waals surface area contributed by atoms with Crippen molar-refractivity contribution >= 4 is 23.1 Å². The number of carbonyl (C=O) groups is 2. The molecule has 0 radical (unpaired) electrons. The number of hydrogen-bond donors (Lipinski definition) is 4. The Balaban J connectivity index is 1.57. The summed E-state index contributed by atoms with van der Waals surface area (Å²) in [7, 11) is 0. The summed E-state index contributed by atoms with van der Waals surface area (Å²) < 4.78 is 33.0. The van der Waals surface area contributed by atoms with Crippen LogP contribution in [0.3, 0.4) is 0 Å². The van der Waals surface area contributed by atoms with E-state index in [9.17, 15) is 18.4 Å². The summed E-state index contributed by atoms with van der Waals surface area (Å²) in [4.78, 5) is 26.0. The highest BCUT2D eigenvalue weighted by atomic mass is 19.1. The normalized spacial score (nSPS) is 12.4. The summed E-state index contributed by atoms with van der Waals surface area (Å²) in [5.41, 5.74) is 2.00. The highest BCUT2D eigenvalue weighted by Gasteiger charge is 2.24. The van der Waals surface area contributed by atoms with Crippen molar-refractivity contribution in [1.82, 2.24) is 5.32 Å². The second-order valence-corrected chi connectivity index (χ2v) is 8.14. The molecule has 182 valence electrons. The van der Waals surface area contributed by atoms with E-state index in [1.165, 1.54) is 12.1 Å². The van der Waals surface area contributed by atoms with E-state index in [1.807, 2.05) is 0 Å². The molecule has 1 aliphatic rings. The number of aliphatic hydroxyl groups is 2. The van der Waals surface area contributed by atoms with E-state index in [2.05, 4.69) is 10.6 Å². The smallest absolute Gasteiger partial charge is 0.251 e. The molecule has 0 atom stereocenters. The zero-order valence-electron chi connectivity index (χ0n) is 18.7. The van der Waals surface area contributed by atoms with Crippen LogP contribution in [-0.4, -0.2) is 41.2 Å². The van der Waals surface area contributed by atoms with Crippen molar-refractivity contribution < 1.29 is 33.3 Å². The fraction of sp³-hybridized carbons (Fsp3) is 0.231. The second kappa shape index (κ2) is 10.6. The van der Waals surface area contributed by atoms with Crippen molar-refractivity contribution in [2.75, 3.05) is 18.5 Å². The molecule has 0 spiro atoms. The van der Waals surface area contributed by atoms with E-state index in [0.717, 1.165) is 12.1 Å². The van der Waals surface area contributed by atoms with Gasteiger partial charge in [0.05, 0.1) is 11.3 Å². The molecule has 1 amide bonds. The highest BCUT2D eigenvalue weighted by molar-refractivity contribution is 6.13. The van der Waals surface area contributed by atoms with Gasteiger partial charge in [0, 0.05) is 53.8 Å². The highest BCUT2D eigenvalue weighted by Crippen LogP contribution is 2.33. The van der Waals surface area contributed by atoms with Crippen molar-refractivity contribution in [2.45, 2.75) is 25.5 Å². The zero-order valence-corrected chi connectivity index (χ0v) is 18.7. The van der Waals surface area contributed by atoms with E-state index >= 15 is 0 Å². The number of anilines is 2. The number of carbonyl (C=O) groups excluding carboxylic acids is 2. The van der Waals surface area contributed by atoms with Gasteiger partial charge in [-0.15, -0.1) is 0 Å². The fourth-order valence-electron chi connectivity index (χ4n) is 3.88. The Kier molecular flexibility index (Phi) is 7.38. The van der Waals surface area contributed by atoms with Gasteiger partial charge in [-0.3, -0.25) is 9.59 Å². The summed E-state index contributed by atoms with van der Waals surface area (Å²) in [6.07, 6.45) is 0.602. The first-order valence-electron chi connectivity index (χ1n) is 11.1. The van der Waals surface area contributed by atoms with Crippen LogP contribution in [0, 0.1) is 11.6 Å². The average molecular weight is 482 g/mol. The minimum Gasteiger partial charge on any atom is -0.488 e. The minimum absolute atomic E-state index is 0.0749. The van der Waals surface area contributed by atoms with Crippen LogP contribution in [0.5, 0.6) is 5.75 Å². The molecular formula is C26H24F2N2O5. The third-order valence-electron chi connectivity index (χ3n) is 5.73. The van der Waals surface area contributed by atoms with Crippen molar-refractivity contribution in [3.8, 4) is 5.75 Å². The van der Waals surface area contributed by atoms with Crippen LogP contribution in [-0.2, 0) is 6.61 Å². The van der Waals surface area contributed by atoms with Crippen molar-refractivity contribution in [1.29, 1.82) is 0 Å². The minimum atomic E-state index is -0.754. The predicted octanol–water partition coefficient (Wildman–Crippen LogP) is 3.70. The summed E-state index contributed by atoms with van der Waals surface area (Å²) in [5, 5.41) is 23.9. The Morgan fingerprint density at radius 2 is 1.74 bits per heavy atom. The van der Waals surface area contributed by atoms with Gasteiger partial charge in [-0.05, 0) is 49.2 Å². The van der Waals surface area contributed by atoms with Gasteiger partial charge in [0.2, 0.25) is 0 Å². The van der Waals surface area contributed by atoms with Gasteiger partial charge in [0.15, 0.2) is 5.78 Å². The Labute approximate surface area is 200 Å². The monoisotopic (exact) mass is 482 g/mol. The molecule has 0 unspecified atom stereocenters. The number of amides is 1. The van der Waals surface area contributed by atoms with E-state index < -0.39 is 23.6 Å². The largest absolute Gasteiger partial charge is 0.488 e. The lowest BCUT2D eigenvalue weighted by Gasteiger charge is -2.17. The molecule has 3 aromatic carbocycles. The molecule has 1 aliphatic heterocycles. The number of halogens is 2. The fourth-order valence-corrected chi connectivity index (χ4v) is 3.88. The van der Waals surface area contributed by atoms with Crippen molar-refractivity contribution in [3.63, 3.8) is 0 Å². The third-order valence-corrected chi connectivity index (χ3v) is 5.73. The van der Waals surface area contributed by atoms with Crippen LogP contribution in [0.2, 0.25) is 0 Å². The van der Waals surface area contributed by atoms with E-state index in [4.69, 9.17) is 14.9 Å². The van der Waals surface area contributed by atoms with Gasteiger partial charge in [-0.1, -0.05) is 6.07 Å². The standard InChI is InChI=1S/C26H24F2N2O5/c27-17-3-6-23(22(28)12-17)29-19-4-5-20-24(13-19)35-14-16-2-1-15(11-21(16)25(20)33)26(34)30-18(7-9-31)8-10-32/h1-6,11-13,18,29,31-32H,7-10,14H2,(H,30,34). The van der Waals surface area contributed by atoms with Crippen LogP contribution in [0.4, 0.5) is 20.2 Å². The molecule has 7 nitrogen and oxygen atoms in total. The number of ketones is 1. The second-order valence-electron chi connectivity index (χ2n) is 8.14. The maximum absolute atomic E-state index is 14.0. The summed E-state index contributed by atoms with van der Waals surface area (Å²) >= 11 is 0. The number of ether oxygens (including phenoxy) is 1. The number of rotatable bonds is 8. The Morgan fingerprint density at radius 1 is 0.971 bits per heavy atom. The molecule has 1 heterocycles. The van der Waals surface area contributed by atoms with Gasteiger partial charge in [-0.2, -0.15) is 0 Å². The topological polar surface area (TPSA) is 108 Å². The number of hydrogen-bond acceptors (Lipinski definition) is 6. The average Bonchev–Trinajstić information content (AvgIpc) is 2.97. The molecule has 0 fully saturated rings. The van der Waals surface area contributed by atoms with E-state index in [0.29, 0.717) is 29.7 Å². The lowest BCUT2D eigenvalue weighted by atomic mass is 9.96. The van der Waals surface area contributed by atoms with Crippen LogP contribution < -0.4 is 15.4 Å². The van der Waals surface area contributed by atoms with Gasteiger partial charge in [-0.25, -0.2) is 8.78 Å². The van der Waals surface area contributed by atoms with Gasteiger partial charge < -0.3 is 25.6 Å². The number of benzene rings is 3. The molecule has 4 rings (SSSR count). The first kappa shape index (κ1) is 24.3. The van der Waals surface area contributed by atoms with E-state index in [-0.39, 0.29) is 48.2 Å². The number of fused-ring (bicyclic) bond motifs is 2. The van der Waals surface area contributed by atoms with Gasteiger partial charge in [0.25, 0.3) is 5.91 Å². The van der Waals surface area contributed by atoms with Crippen molar-refractivity contribution in [2.24, 2.45) is 0 Å². The quantitative estimate of drug-likeness (QED) is 0.390. The summed E-state index contributed by atoms with van der Waals surface area (Å²) in [6.45, 7) is -0.180. The molecule has 9 heteroatoms. The first-order chi connectivity index (χ1) is 16.9. The molecule has 3 aromatic rings. The molecule has 35 heavy (non-hydrogen) atoms. The molecule has 0 saturated carbocycles. The first-order valence-corrected chi connectivity index (χ1v) is 11.1. The lowest BCUT2D eigenvalue weighted by molar-refractivity contribution is 0.0922. The maximum Gasteiger partial charge on any atom is 0.251 e. The Morgan fingerprint density at radius 3 is 2.46 bits per heavy atom. The third kappa shape index (κ3) is 5.47. The van der Waals surface area contributed by atoms with E-state index in [1.54, 1.807) is 30.3 Å². The molecule has 0 aromatic heterocycles. The molecule has 4 N–H and O–H groups in total. The van der Waals surface area contributed by atoms with Crippen molar-refractivity contribution in [3.05, 3.63) is 88.5 Å². The van der Waals surface area contributed by atoms with Gasteiger partial charge >= 0.3 is 0 Å².